The van der Waals surface area contributed by atoms with Gasteiger partial charge in [-0.05, 0) is 61.0 Å². The maximum Gasteiger partial charge on any atom is 0.141 e. The molecule has 1 aliphatic heterocycles. The summed E-state index contributed by atoms with van der Waals surface area (Å²) in [5.74, 6) is -0.909. The van der Waals surface area contributed by atoms with Crippen LogP contribution in [0.4, 0.5) is 25.8 Å². The van der Waals surface area contributed by atoms with E-state index in [1.54, 1.807) is 18.2 Å². The Bertz CT molecular complexity index is 1780. The molecule has 1 aliphatic rings. The molecule has 3 N–H and O–H groups in total. The number of hydrogen-bond acceptors (Lipinski definition) is 7. The summed E-state index contributed by atoms with van der Waals surface area (Å²) in [7, 11) is 0. The Kier molecular flexibility index (Phi) is 7.41. The number of fused-ring (bicyclic) bond motifs is 1. The zero-order valence-electron chi connectivity index (χ0n) is 21.4. The number of benzene rings is 3. The van der Waals surface area contributed by atoms with Gasteiger partial charge in [0.05, 0.1) is 45.1 Å². The molecule has 5 aromatic rings. The Balaban J connectivity index is 1.42. The molecule has 3 aromatic carbocycles. The van der Waals surface area contributed by atoms with Gasteiger partial charge in [0.25, 0.3) is 0 Å². The molecule has 0 spiro atoms. The van der Waals surface area contributed by atoms with E-state index in [4.69, 9.17) is 23.2 Å². The Hall–Kier alpha value is -4.30. The molecule has 1 fully saturated rings. The van der Waals surface area contributed by atoms with Crippen molar-refractivity contribution in [3.05, 3.63) is 105 Å². The SMILES string of the molecule is N#Cc1cnc2c(Cl)cc(NC(c3ccc(F)cc3)c3cn([C@@H]4CCNC4)nn3)cc2c1Nc1ccc(F)c(Cl)c1. The monoisotopic (exact) mass is 590 g/mol. The summed E-state index contributed by atoms with van der Waals surface area (Å²) in [5, 5.41) is 29.4. The molecule has 3 heterocycles. The highest BCUT2D eigenvalue weighted by molar-refractivity contribution is 6.36. The molecule has 0 radical (unpaired) electrons. The normalized spacial score (nSPS) is 15.5. The topological polar surface area (TPSA) is 103 Å². The molecule has 0 amide bonds. The van der Waals surface area contributed by atoms with Crippen LogP contribution in [0, 0.1) is 23.0 Å². The predicted octanol–water partition coefficient (Wildman–Crippen LogP) is 6.76. The van der Waals surface area contributed by atoms with E-state index in [0.717, 1.165) is 25.1 Å². The molecule has 0 bridgehead atoms. The van der Waals surface area contributed by atoms with E-state index in [2.05, 4.69) is 37.3 Å². The van der Waals surface area contributed by atoms with Gasteiger partial charge in [0, 0.05) is 29.5 Å². The maximum absolute atomic E-state index is 13.8. The summed E-state index contributed by atoms with van der Waals surface area (Å²) < 4.78 is 29.4. The van der Waals surface area contributed by atoms with Crippen LogP contribution in [0.5, 0.6) is 0 Å². The third kappa shape index (κ3) is 5.52. The predicted molar refractivity (Wildman–Crippen MR) is 155 cm³/mol. The number of pyridine rings is 1. The van der Waals surface area contributed by atoms with E-state index in [-0.39, 0.29) is 22.4 Å². The first-order valence-electron chi connectivity index (χ1n) is 12.8. The lowest BCUT2D eigenvalue weighted by Crippen LogP contribution is -2.14. The first-order chi connectivity index (χ1) is 19.9. The van der Waals surface area contributed by atoms with Gasteiger partial charge in [-0.1, -0.05) is 40.5 Å². The number of nitrogens with one attached hydrogen (secondary N) is 3. The Morgan fingerprint density at radius 2 is 1.85 bits per heavy atom. The average molecular weight is 591 g/mol. The summed E-state index contributed by atoms with van der Waals surface area (Å²) in [6.07, 6.45) is 4.26. The van der Waals surface area contributed by atoms with Gasteiger partial charge in [-0.3, -0.25) is 4.98 Å². The highest BCUT2D eigenvalue weighted by Crippen LogP contribution is 2.37. The second kappa shape index (κ2) is 11.3. The van der Waals surface area contributed by atoms with Crippen LogP contribution in [0.2, 0.25) is 10.0 Å². The van der Waals surface area contributed by atoms with Gasteiger partial charge in [0.2, 0.25) is 0 Å². The zero-order chi connectivity index (χ0) is 28.5. The maximum atomic E-state index is 13.8. The number of halogens is 4. The van der Waals surface area contributed by atoms with Gasteiger partial charge in [-0.2, -0.15) is 5.26 Å². The summed E-state index contributed by atoms with van der Waals surface area (Å²) in [6.45, 7) is 1.72. The first kappa shape index (κ1) is 26.9. The van der Waals surface area contributed by atoms with Gasteiger partial charge >= 0.3 is 0 Å². The number of anilines is 3. The minimum atomic E-state index is -0.556. The van der Waals surface area contributed by atoms with Crippen molar-refractivity contribution < 1.29 is 8.78 Å². The molecule has 6 rings (SSSR count). The molecule has 1 unspecified atom stereocenters. The summed E-state index contributed by atoms with van der Waals surface area (Å²) in [5.41, 5.74) is 3.65. The van der Waals surface area contributed by atoms with E-state index >= 15 is 0 Å². The summed E-state index contributed by atoms with van der Waals surface area (Å²) >= 11 is 12.7. The smallest absolute Gasteiger partial charge is 0.141 e. The van der Waals surface area contributed by atoms with Gasteiger partial charge in [-0.15, -0.1) is 5.10 Å². The average Bonchev–Trinajstić information content (AvgIpc) is 3.67. The lowest BCUT2D eigenvalue weighted by Gasteiger charge is -2.20. The minimum absolute atomic E-state index is 0.0594. The minimum Gasteiger partial charge on any atom is -0.373 e. The number of rotatable bonds is 7. The second-order valence-corrected chi connectivity index (χ2v) is 10.5. The Labute approximate surface area is 243 Å². The molecular formula is C29H22Cl2F2N8. The summed E-state index contributed by atoms with van der Waals surface area (Å²) in [4.78, 5) is 4.40. The molecule has 12 heteroatoms. The Morgan fingerprint density at radius 3 is 2.59 bits per heavy atom. The third-order valence-electron chi connectivity index (χ3n) is 6.98. The van der Waals surface area contributed by atoms with Crippen molar-refractivity contribution in [2.45, 2.75) is 18.5 Å². The van der Waals surface area contributed by atoms with E-state index < -0.39 is 11.9 Å². The van der Waals surface area contributed by atoms with Crippen molar-refractivity contribution in [1.82, 2.24) is 25.3 Å². The van der Waals surface area contributed by atoms with E-state index in [0.29, 0.717) is 38.7 Å². The molecule has 1 saturated heterocycles. The van der Waals surface area contributed by atoms with Crippen LogP contribution < -0.4 is 16.0 Å². The van der Waals surface area contributed by atoms with Crippen LogP contribution in [0.15, 0.2) is 67.0 Å². The first-order valence-corrected chi connectivity index (χ1v) is 13.5. The van der Waals surface area contributed by atoms with Crippen molar-refractivity contribution in [2.75, 3.05) is 23.7 Å². The molecule has 206 valence electrons. The van der Waals surface area contributed by atoms with Gasteiger partial charge in [-0.25, -0.2) is 13.5 Å². The lowest BCUT2D eigenvalue weighted by molar-refractivity contribution is 0.476. The fraction of sp³-hybridized carbons (Fsp3) is 0.172. The number of nitrogens with zero attached hydrogens (tertiary/aromatic N) is 5. The quantitative estimate of drug-likeness (QED) is 0.192. The fourth-order valence-corrected chi connectivity index (χ4v) is 5.35. The zero-order valence-corrected chi connectivity index (χ0v) is 22.9. The molecule has 8 nitrogen and oxygen atoms in total. The highest BCUT2D eigenvalue weighted by atomic mass is 35.5. The van der Waals surface area contributed by atoms with Crippen molar-refractivity contribution in [2.24, 2.45) is 0 Å². The Morgan fingerprint density at radius 1 is 1.05 bits per heavy atom. The third-order valence-corrected chi connectivity index (χ3v) is 7.56. The van der Waals surface area contributed by atoms with Crippen LogP contribution in [-0.2, 0) is 0 Å². The second-order valence-electron chi connectivity index (χ2n) is 9.67. The molecule has 2 aromatic heterocycles. The van der Waals surface area contributed by atoms with Crippen molar-refractivity contribution in [1.29, 1.82) is 5.26 Å². The van der Waals surface area contributed by atoms with Crippen LogP contribution in [0.1, 0.15) is 35.3 Å². The van der Waals surface area contributed by atoms with Gasteiger partial charge < -0.3 is 16.0 Å². The number of hydrogen-bond donors (Lipinski definition) is 3. The van der Waals surface area contributed by atoms with Crippen molar-refractivity contribution in [3.8, 4) is 6.07 Å². The standard InChI is InChI=1S/C29H22Cl2F2N8/c30-23-10-19(5-6-25(23)33)37-27-17(12-34)13-36-29-22(27)9-20(11-24(29)31)38-28(16-1-3-18(32)4-2-16)26-15-41(40-39-26)21-7-8-35-14-21/h1-6,9-11,13,15,21,28,35,38H,7-8,14H2,(H,36,37)/t21-,28?/m1/s1. The van der Waals surface area contributed by atoms with Gasteiger partial charge in [0.1, 0.15) is 23.4 Å². The molecule has 0 saturated carbocycles. The lowest BCUT2D eigenvalue weighted by atomic mass is 10.0. The molecule has 41 heavy (non-hydrogen) atoms. The number of nitriles is 1. The number of aromatic nitrogens is 4. The molecule has 0 aliphatic carbocycles. The fourth-order valence-electron chi connectivity index (χ4n) is 4.90. The van der Waals surface area contributed by atoms with Crippen molar-refractivity contribution in [3.63, 3.8) is 0 Å². The van der Waals surface area contributed by atoms with Crippen LogP contribution in [-0.4, -0.2) is 33.1 Å². The van der Waals surface area contributed by atoms with E-state index in [9.17, 15) is 14.0 Å². The highest BCUT2D eigenvalue weighted by Gasteiger charge is 2.23. The van der Waals surface area contributed by atoms with Crippen LogP contribution in [0.3, 0.4) is 0 Å². The van der Waals surface area contributed by atoms with Crippen LogP contribution >= 0.6 is 23.2 Å². The van der Waals surface area contributed by atoms with E-state index in [1.165, 1.54) is 36.5 Å². The van der Waals surface area contributed by atoms with Crippen LogP contribution in [0.25, 0.3) is 10.9 Å². The molecular weight excluding hydrogens is 569 g/mol. The van der Waals surface area contributed by atoms with Crippen molar-refractivity contribution >= 4 is 51.2 Å². The molecule has 2 atom stereocenters. The van der Waals surface area contributed by atoms with Gasteiger partial charge in [0.15, 0.2) is 0 Å². The summed E-state index contributed by atoms with van der Waals surface area (Å²) in [6, 6.07) is 15.7. The largest absolute Gasteiger partial charge is 0.373 e. The van der Waals surface area contributed by atoms with E-state index in [1.807, 2.05) is 16.9 Å².